The third-order valence-electron chi connectivity index (χ3n) is 5.42. The van der Waals surface area contributed by atoms with Crippen molar-refractivity contribution in [3.8, 4) is 0 Å². The first-order valence-electron chi connectivity index (χ1n) is 10.8. The largest absolute Gasteiger partial charge is 0.423 e. The molecule has 1 unspecified atom stereocenters. The number of aromatic amines is 1. The molecule has 2 aromatic heterocycles. The maximum Gasteiger partial charge on any atom is 0.423 e. The number of nitrogens with one attached hydrogen (secondary N) is 2. The fourth-order valence-corrected chi connectivity index (χ4v) is 3.27. The second-order valence-corrected chi connectivity index (χ2v) is 8.00. The molecule has 0 bridgehead atoms. The third-order valence-corrected chi connectivity index (χ3v) is 5.42. The summed E-state index contributed by atoms with van der Waals surface area (Å²) in [5, 5.41) is 11.4. The lowest BCUT2D eigenvalue weighted by Gasteiger charge is -2.34. The van der Waals surface area contributed by atoms with Crippen LogP contribution in [0.4, 0.5) is 38.0 Å². The van der Waals surface area contributed by atoms with Crippen molar-refractivity contribution in [1.29, 1.82) is 0 Å². The number of aromatic nitrogens is 4. The van der Waals surface area contributed by atoms with E-state index in [0.717, 1.165) is 6.20 Å². The molecule has 11 nitrogen and oxygen atoms in total. The van der Waals surface area contributed by atoms with Crippen LogP contribution in [-0.4, -0.2) is 75.5 Å². The number of halogens is 6. The van der Waals surface area contributed by atoms with E-state index in [1.165, 1.54) is 18.7 Å². The van der Waals surface area contributed by atoms with Gasteiger partial charge in [-0.1, -0.05) is 5.16 Å². The lowest BCUT2D eigenvalue weighted by Crippen LogP contribution is -2.50. The van der Waals surface area contributed by atoms with Gasteiger partial charge >= 0.3 is 12.4 Å². The molecule has 0 radical (unpaired) electrons. The van der Waals surface area contributed by atoms with Crippen molar-refractivity contribution >= 4 is 23.3 Å². The quantitative estimate of drug-likeness (QED) is 0.313. The first-order chi connectivity index (χ1) is 17.3. The number of hydrogen-bond donors (Lipinski definition) is 2. The Morgan fingerprint density at radius 3 is 2.30 bits per heavy atom. The van der Waals surface area contributed by atoms with E-state index in [0.29, 0.717) is 12.4 Å². The van der Waals surface area contributed by atoms with E-state index < -0.39 is 53.3 Å². The fourth-order valence-electron chi connectivity index (χ4n) is 3.27. The molecular formula is C20H22F6N8O3. The van der Waals surface area contributed by atoms with E-state index in [-0.39, 0.29) is 37.8 Å². The molecule has 0 aromatic carbocycles. The van der Waals surface area contributed by atoms with Crippen molar-refractivity contribution < 1.29 is 36.0 Å². The van der Waals surface area contributed by atoms with Gasteiger partial charge in [0.15, 0.2) is 6.61 Å². The highest BCUT2D eigenvalue weighted by molar-refractivity contribution is 5.89. The highest BCUT2D eigenvalue weighted by atomic mass is 19.4. The van der Waals surface area contributed by atoms with Crippen molar-refractivity contribution in [1.82, 2.24) is 25.1 Å². The Bertz CT molecular complexity index is 1170. The zero-order chi connectivity index (χ0) is 27.4. The summed E-state index contributed by atoms with van der Waals surface area (Å²) in [7, 11) is 0. The van der Waals surface area contributed by atoms with E-state index in [1.54, 1.807) is 10.00 Å². The van der Waals surface area contributed by atoms with E-state index in [2.05, 4.69) is 25.5 Å². The molecule has 1 aliphatic heterocycles. The molecule has 3 heterocycles. The van der Waals surface area contributed by atoms with Crippen LogP contribution in [0.1, 0.15) is 25.0 Å². The van der Waals surface area contributed by atoms with Gasteiger partial charge in [-0.2, -0.15) is 31.4 Å². The van der Waals surface area contributed by atoms with Crippen LogP contribution in [-0.2, 0) is 22.0 Å². The fraction of sp³-hybridized carbons (Fsp3) is 0.500. The summed E-state index contributed by atoms with van der Waals surface area (Å²) in [4.78, 5) is 39.6. The number of anilines is 2. The summed E-state index contributed by atoms with van der Waals surface area (Å²) in [5.41, 5.74) is -4.13. The van der Waals surface area contributed by atoms with Gasteiger partial charge in [0, 0.05) is 38.6 Å². The minimum absolute atomic E-state index is 0.113. The van der Waals surface area contributed by atoms with Crippen LogP contribution in [0.15, 0.2) is 28.5 Å². The molecule has 0 saturated carbocycles. The van der Waals surface area contributed by atoms with Gasteiger partial charge in [0.2, 0.25) is 5.95 Å². The van der Waals surface area contributed by atoms with Gasteiger partial charge in [0.25, 0.3) is 11.5 Å². The molecule has 202 valence electrons. The average molecular weight is 536 g/mol. The van der Waals surface area contributed by atoms with Gasteiger partial charge in [0.05, 0.1) is 29.2 Å². The Morgan fingerprint density at radius 1 is 1.11 bits per heavy atom. The predicted octanol–water partition coefficient (Wildman–Crippen LogP) is 2.14. The molecule has 0 spiro atoms. The van der Waals surface area contributed by atoms with E-state index in [1.807, 2.05) is 0 Å². The number of hydrogen-bond acceptors (Lipinski definition) is 9. The second kappa shape index (κ2) is 11.0. The standard InChI is InChI=1S/C20H22F6N8O3/c1-11(30-14-9-29-31-17(36)16(14)20(24,25)26)12(2)32-37-10-15(35)33-3-5-34(6-4-33)18-27-7-13(8-28-18)19(21,22)23/h7-9,11H,3-6,10H2,1-2H3,(H2,30,31,36). The molecule has 1 atom stereocenters. The highest BCUT2D eigenvalue weighted by Crippen LogP contribution is 2.31. The monoisotopic (exact) mass is 536 g/mol. The van der Waals surface area contributed by atoms with Crippen LogP contribution in [0, 0.1) is 0 Å². The summed E-state index contributed by atoms with van der Waals surface area (Å²) in [5.74, 6) is -0.300. The van der Waals surface area contributed by atoms with Crippen molar-refractivity contribution in [3.63, 3.8) is 0 Å². The van der Waals surface area contributed by atoms with Crippen LogP contribution in [0.2, 0.25) is 0 Å². The molecule has 37 heavy (non-hydrogen) atoms. The average Bonchev–Trinajstić information content (AvgIpc) is 2.82. The first-order valence-corrected chi connectivity index (χ1v) is 10.8. The molecule has 1 saturated heterocycles. The molecule has 3 rings (SSSR count). The van der Waals surface area contributed by atoms with Crippen LogP contribution in [0.3, 0.4) is 0 Å². The Balaban J connectivity index is 1.49. The smallest absolute Gasteiger partial charge is 0.386 e. The molecule has 2 N–H and O–H groups in total. The Kier molecular flexibility index (Phi) is 8.22. The summed E-state index contributed by atoms with van der Waals surface area (Å²) in [6.45, 7) is 3.54. The van der Waals surface area contributed by atoms with Gasteiger partial charge in [-0.05, 0) is 13.8 Å². The number of rotatable bonds is 7. The molecular weight excluding hydrogens is 514 g/mol. The first kappa shape index (κ1) is 27.7. The SMILES string of the molecule is CC(=NOCC(=O)N1CCN(c2ncc(C(F)(F)F)cn2)CC1)C(C)Nc1cn[nH]c(=O)c1C(F)(F)F. The van der Waals surface area contributed by atoms with Gasteiger partial charge in [-0.25, -0.2) is 15.1 Å². The summed E-state index contributed by atoms with van der Waals surface area (Å²) in [6.07, 6.45) is -7.23. The van der Waals surface area contributed by atoms with Gasteiger partial charge < -0.3 is 20.0 Å². The van der Waals surface area contributed by atoms with E-state index in [9.17, 15) is 35.9 Å². The predicted molar refractivity (Wildman–Crippen MR) is 118 cm³/mol. The summed E-state index contributed by atoms with van der Waals surface area (Å²) >= 11 is 0. The van der Waals surface area contributed by atoms with Crippen LogP contribution in [0.25, 0.3) is 0 Å². The zero-order valence-electron chi connectivity index (χ0n) is 19.5. The number of piperazine rings is 1. The van der Waals surface area contributed by atoms with Gasteiger partial charge in [0.1, 0.15) is 5.56 Å². The van der Waals surface area contributed by atoms with Crippen LogP contribution < -0.4 is 15.8 Å². The number of carbonyl (C=O) groups excluding carboxylic acids is 1. The number of H-pyrrole nitrogens is 1. The maximum absolute atomic E-state index is 13.2. The van der Waals surface area contributed by atoms with Crippen LogP contribution >= 0.6 is 0 Å². The normalized spacial score (nSPS) is 15.9. The van der Waals surface area contributed by atoms with Gasteiger partial charge in [-0.15, -0.1) is 0 Å². The Labute approximate surface area is 205 Å². The van der Waals surface area contributed by atoms with Gasteiger partial charge in [-0.3, -0.25) is 9.59 Å². The Hall–Kier alpha value is -3.92. The highest BCUT2D eigenvalue weighted by Gasteiger charge is 2.37. The lowest BCUT2D eigenvalue weighted by atomic mass is 10.2. The van der Waals surface area contributed by atoms with Crippen molar-refractivity contribution in [3.05, 3.63) is 40.1 Å². The lowest BCUT2D eigenvalue weighted by molar-refractivity contribution is -0.139. The molecule has 1 aliphatic rings. The maximum atomic E-state index is 13.2. The molecule has 2 aromatic rings. The second-order valence-electron chi connectivity index (χ2n) is 8.00. The number of carbonyl (C=O) groups is 1. The molecule has 1 fully saturated rings. The zero-order valence-corrected chi connectivity index (χ0v) is 19.5. The number of amides is 1. The molecule has 0 aliphatic carbocycles. The molecule has 17 heteroatoms. The summed E-state index contributed by atoms with van der Waals surface area (Å²) in [6, 6.07) is -0.799. The third kappa shape index (κ3) is 7.07. The number of nitrogens with zero attached hydrogens (tertiary/aromatic N) is 6. The summed E-state index contributed by atoms with van der Waals surface area (Å²) < 4.78 is 77.5. The van der Waals surface area contributed by atoms with Crippen molar-refractivity contribution in [2.45, 2.75) is 32.2 Å². The van der Waals surface area contributed by atoms with Crippen molar-refractivity contribution in [2.24, 2.45) is 5.16 Å². The number of oxime groups is 1. The minimum Gasteiger partial charge on any atom is -0.386 e. The Morgan fingerprint density at radius 2 is 1.73 bits per heavy atom. The van der Waals surface area contributed by atoms with Crippen molar-refractivity contribution in [2.75, 3.05) is 43.0 Å². The minimum atomic E-state index is -4.91. The molecule has 1 amide bonds. The topological polar surface area (TPSA) is 129 Å². The van der Waals surface area contributed by atoms with E-state index >= 15 is 0 Å². The number of alkyl halides is 6. The van der Waals surface area contributed by atoms with E-state index in [4.69, 9.17) is 4.84 Å². The van der Waals surface area contributed by atoms with Crippen LogP contribution in [0.5, 0.6) is 0 Å².